The summed E-state index contributed by atoms with van der Waals surface area (Å²) in [6.45, 7) is 0. The Balaban J connectivity index is 1.67. The summed E-state index contributed by atoms with van der Waals surface area (Å²) >= 11 is 0. The molecule has 0 spiro atoms. The van der Waals surface area contributed by atoms with Crippen molar-refractivity contribution >= 4 is 21.7 Å². The highest BCUT2D eigenvalue weighted by atomic mass is 32.2. The van der Waals surface area contributed by atoms with Gasteiger partial charge in [0.05, 0.1) is 16.6 Å². The number of hydrogen-bond acceptors (Lipinski definition) is 4. The highest BCUT2D eigenvalue weighted by Gasteiger charge is 2.35. The largest absolute Gasteiger partial charge is 0.481 e. The third-order valence-electron chi connectivity index (χ3n) is 4.47. The number of hydrogen-bond donors (Lipinski definition) is 2. The summed E-state index contributed by atoms with van der Waals surface area (Å²) in [5, 5.41) is 11.7. The molecule has 0 aromatic heterocycles. The van der Waals surface area contributed by atoms with Gasteiger partial charge in [-0.1, -0.05) is 30.3 Å². The second kappa shape index (κ2) is 7.29. The van der Waals surface area contributed by atoms with E-state index in [1.807, 2.05) is 0 Å². The Morgan fingerprint density at radius 2 is 1.73 bits per heavy atom. The van der Waals surface area contributed by atoms with Crippen molar-refractivity contribution in [1.82, 2.24) is 5.32 Å². The van der Waals surface area contributed by atoms with Gasteiger partial charge in [0.25, 0.3) is 5.91 Å². The summed E-state index contributed by atoms with van der Waals surface area (Å²) in [6, 6.07) is 14.5. The average Bonchev–Trinajstić information content (AvgIpc) is 2.58. The molecule has 1 amide bonds. The van der Waals surface area contributed by atoms with Gasteiger partial charge in [0.2, 0.25) is 0 Å². The summed E-state index contributed by atoms with van der Waals surface area (Å²) in [4.78, 5) is 23.4. The molecule has 6 nitrogen and oxygen atoms in total. The molecule has 2 N–H and O–H groups in total. The van der Waals surface area contributed by atoms with E-state index in [2.05, 4.69) is 5.32 Å². The minimum atomic E-state index is -3.49. The Morgan fingerprint density at radius 1 is 1.04 bits per heavy atom. The van der Waals surface area contributed by atoms with Gasteiger partial charge in [0, 0.05) is 11.6 Å². The normalized spacial score (nSPS) is 19.4. The van der Waals surface area contributed by atoms with Crippen molar-refractivity contribution in [1.29, 1.82) is 0 Å². The monoisotopic (exact) mass is 373 g/mol. The smallest absolute Gasteiger partial charge is 0.306 e. The van der Waals surface area contributed by atoms with Gasteiger partial charge in [0.15, 0.2) is 9.84 Å². The maximum absolute atomic E-state index is 12.5. The van der Waals surface area contributed by atoms with Crippen molar-refractivity contribution in [2.75, 3.05) is 0 Å². The lowest BCUT2D eigenvalue weighted by Crippen LogP contribution is -2.46. The number of aliphatic carboxylic acids is 1. The minimum absolute atomic E-state index is 0.152. The molecule has 0 heterocycles. The van der Waals surface area contributed by atoms with Crippen molar-refractivity contribution in [3.8, 4) is 0 Å². The van der Waals surface area contributed by atoms with E-state index in [1.165, 1.54) is 0 Å². The van der Waals surface area contributed by atoms with Crippen LogP contribution in [0.3, 0.4) is 0 Å². The quantitative estimate of drug-likeness (QED) is 0.809. The lowest BCUT2D eigenvalue weighted by molar-refractivity contribution is -0.145. The predicted octanol–water partition coefficient (Wildman–Crippen LogP) is 2.25. The van der Waals surface area contributed by atoms with E-state index in [4.69, 9.17) is 5.11 Å². The molecular weight excluding hydrogens is 354 g/mol. The number of carboxylic acids is 1. The SMILES string of the molecule is O=C(NC1CC(C(=O)O)C1)c1cccc(CS(=O)(=O)c2ccccc2)c1. The highest BCUT2D eigenvalue weighted by Crippen LogP contribution is 2.27. The number of carbonyl (C=O) groups excluding carboxylic acids is 1. The Bertz CT molecular complexity index is 918. The fourth-order valence-electron chi connectivity index (χ4n) is 2.94. The van der Waals surface area contributed by atoms with Gasteiger partial charge in [-0.05, 0) is 42.7 Å². The number of carbonyl (C=O) groups is 2. The fourth-order valence-corrected chi connectivity index (χ4v) is 4.30. The molecule has 26 heavy (non-hydrogen) atoms. The van der Waals surface area contributed by atoms with Crippen LogP contribution in [0.5, 0.6) is 0 Å². The van der Waals surface area contributed by atoms with Gasteiger partial charge in [-0.15, -0.1) is 0 Å². The molecule has 0 radical (unpaired) electrons. The van der Waals surface area contributed by atoms with E-state index in [0.717, 1.165) is 0 Å². The summed E-state index contributed by atoms with van der Waals surface area (Å²) in [5.74, 6) is -1.76. The van der Waals surface area contributed by atoms with Crippen molar-refractivity contribution in [3.63, 3.8) is 0 Å². The highest BCUT2D eigenvalue weighted by molar-refractivity contribution is 7.90. The van der Waals surface area contributed by atoms with E-state index in [-0.39, 0.29) is 22.6 Å². The lowest BCUT2D eigenvalue weighted by Gasteiger charge is -2.32. The first-order valence-corrected chi connectivity index (χ1v) is 9.91. The summed E-state index contributed by atoms with van der Waals surface area (Å²) in [5.41, 5.74) is 0.892. The molecule has 0 aliphatic heterocycles. The summed E-state index contributed by atoms with van der Waals surface area (Å²) in [6.07, 6.45) is 0.840. The third kappa shape index (κ3) is 4.11. The topological polar surface area (TPSA) is 101 Å². The predicted molar refractivity (Wildman–Crippen MR) is 95.4 cm³/mol. The number of carboxylic acid groups (broad SMARTS) is 1. The molecule has 0 atom stereocenters. The Labute approximate surface area is 151 Å². The molecule has 1 saturated carbocycles. The zero-order chi connectivity index (χ0) is 18.7. The van der Waals surface area contributed by atoms with Gasteiger partial charge < -0.3 is 10.4 Å². The molecule has 0 bridgehead atoms. The van der Waals surface area contributed by atoms with Crippen LogP contribution in [0.1, 0.15) is 28.8 Å². The van der Waals surface area contributed by atoms with Crippen molar-refractivity contribution in [2.45, 2.75) is 29.5 Å². The average molecular weight is 373 g/mol. The van der Waals surface area contributed by atoms with Crippen molar-refractivity contribution in [3.05, 3.63) is 65.7 Å². The van der Waals surface area contributed by atoms with E-state index in [0.29, 0.717) is 24.0 Å². The fraction of sp³-hybridized carbons (Fsp3) is 0.263. The number of nitrogens with one attached hydrogen (secondary N) is 1. The van der Waals surface area contributed by atoms with Crippen molar-refractivity contribution < 1.29 is 23.1 Å². The molecule has 1 aliphatic carbocycles. The van der Waals surface area contributed by atoms with Crippen LogP contribution in [0.4, 0.5) is 0 Å². The van der Waals surface area contributed by atoms with Crippen LogP contribution in [0, 0.1) is 5.92 Å². The second-order valence-corrected chi connectivity index (χ2v) is 8.44. The number of rotatable bonds is 6. The summed E-state index contributed by atoms with van der Waals surface area (Å²) in [7, 11) is -3.49. The number of amides is 1. The number of sulfone groups is 1. The minimum Gasteiger partial charge on any atom is -0.481 e. The molecule has 0 unspecified atom stereocenters. The first-order valence-electron chi connectivity index (χ1n) is 8.25. The maximum atomic E-state index is 12.5. The molecule has 136 valence electrons. The molecular formula is C19H19NO5S. The molecule has 3 rings (SSSR count). The van der Waals surface area contributed by atoms with Crippen LogP contribution in [0.15, 0.2) is 59.5 Å². The molecule has 1 aliphatic rings. The first-order chi connectivity index (χ1) is 12.3. The van der Waals surface area contributed by atoms with Crippen LogP contribution in [0.25, 0.3) is 0 Å². The zero-order valence-corrected chi connectivity index (χ0v) is 14.8. The van der Waals surface area contributed by atoms with Crippen LogP contribution < -0.4 is 5.32 Å². The lowest BCUT2D eigenvalue weighted by atomic mass is 9.80. The molecule has 2 aromatic carbocycles. The maximum Gasteiger partial charge on any atom is 0.306 e. The van der Waals surface area contributed by atoms with Crippen LogP contribution >= 0.6 is 0 Å². The standard InChI is InChI=1S/C19H19NO5S/c21-18(20-16-10-15(11-16)19(22)23)14-6-4-5-13(9-14)12-26(24,25)17-7-2-1-3-8-17/h1-9,15-16H,10-12H2,(H,20,21)(H,22,23). The van der Waals surface area contributed by atoms with E-state index in [1.54, 1.807) is 54.6 Å². The molecule has 2 aromatic rings. The Morgan fingerprint density at radius 3 is 2.38 bits per heavy atom. The second-order valence-electron chi connectivity index (χ2n) is 6.45. The van der Waals surface area contributed by atoms with Gasteiger partial charge in [-0.2, -0.15) is 0 Å². The van der Waals surface area contributed by atoms with Gasteiger partial charge in [-0.3, -0.25) is 9.59 Å². The van der Waals surface area contributed by atoms with Gasteiger partial charge in [-0.25, -0.2) is 8.42 Å². The van der Waals surface area contributed by atoms with Crippen LogP contribution in [-0.2, 0) is 20.4 Å². The molecule has 1 fully saturated rings. The van der Waals surface area contributed by atoms with Gasteiger partial charge >= 0.3 is 5.97 Å². The van der Waals surface area contributed by atoms with E-state index >= 15 is 0 Å². The Kier molecular flexibility index (Phi) is 5.08. The first kappa shape index (κ1) is 18.1. The molecule has 0 saturated heterocycles. The van der Waals surface area contributed by atoms with Crippen molar-refractivity contribution in [2.24, 2.45) is 5.92 Å². The van der Waals surface area contributed by atoms with Crippen LogP contribution in [0.2, 0.25) is 0 Å². The summed E-state index contributed by atoms with van der Waals surface area (Å²) < 4.78 is 24.9. The Hall–Kier alpha value is -2.67. The zero-order valence-electron chi connectivity index (χ0n) is 14.0. The van der Waals surface area contributed by atoms with E-state index in [9.17, 15) is 18.0 Å². The van der Waals surface area contributed by atoms with Crippen LogP contribution in [-0.4, -0.2) is 31.4 Å². The third-order valence-corrected chi connectivity index (χ3v) is 6.17. The van der Waals surface area contributed by atoms with Gasteiger partial charge in [0.1, 0.15) is 0 Å². The molecule has 7 heteroatoms. The number of benzene rings is 2. The van der Waals surface area contributed by atoms with E-state index < -0.39 is 21.7 Å².